The van der Waals surface area contributed by atoms with Crippen LogP contribution in [0.2, 0.25) is 0 Å². The summed E-state index contributed by atoms with van der Waals surface area (Å²) >= 11 is 0. The summed E-state index contributed by atoms with van der Waals surface area (Å²) in [6.45, 7) is 14.3. The predicted octanol–water partition coefficient (Wildman–Crippen LogP) is 5.35. The van der Waals surface area contributed by atoms with Gasteiger partial charge in [-0.3, -0.25) is 0 Å². The Kier molecular flexibility index (Phi) is 6.00. The quantitative estimate of drug-likeness (QED) is 0.641. The van der Waals surface area contributed by atoms with Crippen LogP contribution >= 0.6 is 0 Å². The highest BCUT2D eigenvalue weighted by molar-refractivity contribution is 5.88. The third kappa shape index (κ3) is 4.85. The number of ether oxygens (including phenoxy) is 1. The Morgan fingerprint density at radius 3 is 2.59 bits per heavy atom. The van der Waals surface area contributed by atoms with Crippen molar-refractivity contribution in [2.45, 2.75) is 66.2 Å². The number of rotatable bonds is 7. The molecule has 1 saturated heterocycles. The van der Waals surface area contributed by atoms with Gasteiger partial charge in [0, 0.05) is 24.5 Å². The first-order valence-corrected chi connectivity index (χ1v) is 11.5. The van der Waals surface area contributed by atoms with Gasteiger partial charge in [0.15, 0.2) is 0 Å². The largest absolute Gasteiger partial charge is 0.493 e. The molecule has 0 spiro atoms. The predicted molar refractivity (Wildman–Crippen MR) is 122 cm³/mol. The van der Waals surface area contributed by atoms with E-state index in [1.54, 1.807) is 0 Å². The van der Waals surface area contributed by atoms with Gasteiger partial charge in [0.1, 0.15) is 11.6 Å². The van der Waals surface area contributed by atoms with Crippen molar-refractivity contribution in [2.75, 3.05) is 38.1 Å². The first kappa shape index (κ1) is 20.5. The van der Waals surface area contributed by atoms with Gasteiger partial charge in [-0.25, -0.2) is 4.98 Å². The summed E-state index contributed by atoms with van der Waals surface area (Å²) < 4.78 is 6.19. The Hall–Kier alpha value is -1.81. The van der Waals surface area contributed by atoms with E-state index in [0.717, 1.165) is 56.0 Å². The molecular weight excluding hydrogens is 358 g/mol. The summed E-state index contributed by atoms with van der Waals surface area (Å²) in [5.41, 5.74) is 5.46. The fourth-order valence-electron chi connectivity index (χ4n) is 4.63. The molecule has 0 amide bonds. The molecule has 1 N–H and O–H groups in total. The van der Waals surface area contributed by atoms with Crippen LogP contribution in [0.5, 0.6) is 5.75 Å². The van der Waals surface area contributed by atoms with Crippen LogP contribution in [0.1, 0.15) is 63.1 Å². The molecule has 0 saturated carbocycles. The Morgan fingerprint density at radius 2 is 1.83 bits per heavy atom. The number of aryl methyl sites for hydroxylation is 2. The second-order valence-corrected chi connectivity index (χ2v) is 10.1. The summed E-state index contributed by atoms with van der Waals surface area (Å²) in [7, 11) is 0. The van der Waals surface area contributed by atoms with E-state index < -0.39 is 0 Å². The molecule has 1 aromatic carbocycles. The SMILES string of the molecule is Cc1cc2c3c(c(NCC(C)(C)C)nc2cc1OCCCN1CCCC1)CCC3. The lowest BCUT2D eigenvalue weighted by Gasteiger charge is -2.21. The van der Waals surface area contributed by atoms with Crippen LogP contribution in [0, 0.1) is 12.3 Å². The molecule has 0 radical (unpaired) electrons. The van der Waals surface area contributed by atoms with Crippen molar-refractivity contribution in [1.82, 2.24) is 9.88 Å². The lowest BCUT2D eigenvalue weighted by Crippen LogP contribution is -2.22. The van der Waals surface area contributed by atoms with Crippen molar-refractivity contribution >= 4 is 16.7 Å². The van der Waals surface area contributed by atoms with Gasteiger partial charge in [-0.2, -0.15) is 0 Å². The Labute approximate surface area is 176 Å². The van der Waals surface area contributed by atoms with Crippen LogP contribution in [-0.4, -0.2) is 42.7 Å². The first-order chi connectivity index (χ1) is 13.9. The number of fused-ring (bicyclic) bond motifs is 3. The number of nitrogens with one attached hydrogen (secondary N) is 1. The molecule has 4 nitrogen and oxygen atoms in total. The van der Waals surface area contributed by atoms with E-state index in [2.05, 4.69) is 50.0 Å². The minimum absolute atomic E-state index is 0.235. The Morgan fingerprint density at radius 1 is 1.07 bits per heavy atom. The van der Waals surface area contributed by atoms with Crippen molar-refractivity contribution in [3.8, 4) is 5.75 Å². The van der Waals surface area contributed by atoms with Crippen LogP contribution in [0.3, 0.4) is 0 Å². The first-order valence-electron chi connectivity index (χ1n) is 11.5. The topological polar surface area (TPSA) is 37.4 Å². The number of benzene rings is 1. The molecule has 29 heavy (non-hydrogen) atoms. The average molecular weight is 396 g/mol. The summed E-state index contributed by atoms with van der Waals surface area (Å²) in [5.74, 6) is 2.08. The lowest BCUT2D eigenvalue weighted by atomic mass is 9.96. The molecule has 2 aliphatic rings. The van der Waals surface area contributed by atoms with E-state index in [9.17, 15) is 0 Å². The highest BCUT2D eigenvalue weighted by Crippen LogP contribution is 2.36. The monoisotopic (exact) mass is 395 g/mol. The molecule has 2 aromatic rings. The fraction of sp³-hybridized carbons (Fsp3) is 0.640. The molecule has 1 aromatic heterocycles. The maximum absolute atomic E-state index is 6.19. The van der Waals surface area contributed by atoms with Gasteiger partial charge in [-0.1, -0.05) is 20.8 Å². The second-order valence-electron chi connectivity index (χ2n) is 10.1. The number of aromatic nitrogens is 1. The Balaban J connectivity index is 1.52. The zero-order valence-corrected chi connectivity index (χ0v) is 18.7. The third-order valence-corrected chi connectivity index (χ3v) is 6.22. The van der Waals surface area contributed by atoms with Gasteiger partial charge >= 0.3 is 0 Å². The van der Waals surface area contributed by atoms with Crippen molar-refractivity contribution in [3.63, 3.8) is 0 Å². The number of nitrogens with zero attached hydrogens (tertiary/aromatic N) is 2. The zero-order valence-electron chi connectivity index (χ0n) is 18.7. The second kappa shape index (κ2) is 8.51. The molecule has 0 unspecified atom stereocenters. The lowest BCUT2D eigenvalue weighted by molar-refractivity contribution is 0.262. The molecule has 158 valence electrons. The molecule has 2 heterocycles. The highest BCUT2D eigenvalue weighted by Gasteiger charge is 2.22. The molecule has 4 rings (SSSR count). The number of anilines is 1. The smallest absolute Gasteiger partial charge is 0.130 e. The van der Waals surface area contributed by atoms with Gasteiger partial charge in [-0.15, -0.1) is 0 Å². The molecular formula is C25H37N3O. The van der Waals surface area contributed by atoms with Crippen molar-refractivity contribution in [1.29, 1.82) is 0 Å². The zero-order chi connectivity index (χ0) is 20.4. The minimum atomic E-state index is 0.235. The molecule has 0 bridgehead atoms. The summed E-state index contributed by atoms with van der Waals surface area (Å²) in [5, 5.41) is 4.96. The van der Waals surface area contributed by atoms with Crippen LogP contribution in [0.15, 0.2) is 12.1 Å². The average Bonchev–Trinajstić information content (AvgIpc) is 3.35. The van der Waals surface area contributed by atoms with Gasteiger partial charge in [0.25, 0.3) is 0 Å². The maximum atomic E-state index is 6.19. The molecule has 4 heteroatoms. The molecule has 1 fully saturated rings. The van der Waals surface area contributed by atoms with Gasteiger partial charge < -0.3 is 15.0 Å². The molecule has 1 aliphatic heterocycles. The van der Waals surface area contributed by atoms with Crippen molar-refractivity contribution in [2.24, 2.45) is 5.41 Å². The number of likely N-dealkylation sites (tertiary alicyclic amines) is 1. The van der Waals surface area contributed by atoms with Gasteiger partial charge in [-0.05, 0) is 86.7 Å². The van der Waals surface area contributed by atoms with E-state index in [0.29, 0.717) is 0 Å². The Bertz CT molecular complexity index is 863. The van der Waals surface area contributed by atoms with E-state index in [-0.39, 0.29) is 5.41 Å². The standard InChI is InChI=1S/C25H37N3O/c1-18-15-21-19-9-7-10-20(19)24(26-17-25(2,3)4)27-22(21)16-23(18)29-14-8-13-28-11-5-6-12-28/h15-16H,5-14,17H2,1-4H3,(H,26,27). The number of hydrogen-bond donors (Lipinski definition) is 1. The molecule has 0 atom stereocenters. The third-order valence-electron chi connectivity index (χ3n) is 6.22. The summed E-state index contributed by atoms with van der Waals surface area (Å²) in [4.78, 5) is 7.59. The van der Waals surface area contributed by atoms with E-state index >= 15 is 0 Å². The van der Waals surface area contributed by atoms with E-state index in [1.165, 1.54) is 54.4 Å². The van der Waals surface area contributed by atoms with Crippen LogP contribution < -0.4 is 10.1 Å². The summed E-state index contributed by atoms with van der Waals surface area (Å²) in [6.07, 6.45) is 7.33. The maximum Gasteiger partial charge on any atom is 0.130 e. The summed E-state index contributed by atoms with van der Waals surface area (Å²) in [6, 6.07) is 4.47. The van der Waals surface area contributed by atoms with E-state index in [4.69, 9.17) is 9.72 Å². The van der Waals surface area contributed by atoms with E-state index in [1.807, 2.05) is 0 Å². The van der Waals surface area contributed by atoms with Crippen molar-refractivity contribution < 1.29 is 4.74 Å². The van der Waals surface area contributed by atoms with Gasteiger partial charge in [0.05, 0.1) is 12.1 Å². The van der Waals surface area contributed by atoms with Crippen LogP contribution in [-0.2, 0) is 12.8 Å². The normalized spacial score (nSPS) is 17.1. The van der Waals surface area contributed by atoms with Crippen molar-refractivity contribution in [3.05, 3.63) is 28.8 Å². The number of pyridine rings is 1. The highest BCUT2D eigenvalue weighted by atomic mass is 16.5. The van der Waals surface area contributed by atoms with Crippen LogP contribution in [0.25, 0.3) is 10.9 Å². The van der Waals surface area contributed by atoms with Gasteiger partial charge in [0.2, 0.25) is 0 Å². The number of hydrogen-bond acceptors (Lipinski definition) is 4. The van der Waals surface area contributed by atoms with Crippen LogP contribution in [0.4, 0.5) is 5.82 Å². The fourth-order valence-corrected chi connectivity index (χ4v) is 4.63. The molecule has 1 aliphatic carbocycles. The minimum Gasteiger partial charge on any atom is -0.493 e.